The van der Waals surface area contributed by atoms with Crippen LogP contribution in [0.2, 0.25) is 0 Å². The van der Waals surface area contributed by atoms with Crippen molar-refractivity contribution in [3.63, 3.8) is 0 Å². The number of halogens is 1. The Morgan fingerprint density at radius 2 is 1.88 bits per heavy atom. The Bertz CT molecular complexity index is 914. The van der Waals surface area contributed by atoms with Gasteiger partial charge >= 0.3 is 0 Å². The van der Waals surface area contributed by atoms with Crippen LogP contribution >= 0.6 is 22.7 Å². The summed E-state index contributed by atoms with van der Waals surface area (Å²) in [4.78, 5) is 6.59. The molecule has 0 amide bonds. The molecular formula is C18H18FN3S2. The van der Waals surface area contributed by atoms with Gasteiger partial charge in [-0.3, -0.25) is 4.99 Å². The van der Waals surface area contributed by atoms with Crippen molar-refractivity contribution in [2.24, 2.45) is 10.1 Å². The second-order valence-corrected chi connectivity index (χ2v) is 7.44. The zero-order valence-electron chi connectivity index (χ0n) is 13.7. The number of hydrogen-bond donors (Lipinski definition) is 0. The van der Waals surface area contributed by atoms with Crippen molar-refractivity contribution in [1.82, 2.24) is 4.68 Å². The van der Waals surface area contributed by atoms with Crippen molar-refractivity contribution in [1.29, 1.82) is 0 Å². The molecule has 0 saturated carbocycles. The lowest BCUT2D eigenvalue weighted by molar-refractivity contribution is 0.628. The first kappa shape index (κ1) is 16.8. The molecule has 124 valence electrons. The predicted molar refractivity (Wildman–Crippen MR) is 100 cm³/mol. The van der Waals surface area contributed by atoms with Gasteiger partial charge in [0.05, 0.1) is 16.8 Å². The van der Waals surface area contributed by atoms with Gasteiger partial charge in [0, 0.05) is 17.0 Å². The molecule has 3 nitrogen and oxygen atoms in total. The summed E-state index contributed by atoms with van der Waals surface area (Å²) in [6, 6.07) is 8.70. The van der Waals surface area contributed by atoms with Crippen LogP contribution in [-0.2, 0) is 0 Å². The van der Waals surface area contributed by atoms with Gasteiger partial charge in [-0.25, -0.2) is 9.07 Å². The lowest BCUT2D eigenvalue weighted by Gasteiger charge is -2.04. The molecule has 0 aliphatic rings. The van der Waals surface area contributed by atoms with Gasteiger partial charge in [-0.15, -0.1) is 22.7 Å². The summed E-state index contributed by atoms with van der Waals surface area (Å²) in [6.45, 7) is 6.14. The molecule has 0 aliphatic heterocycles. The summed E-state index contributed by atoms with van der Waals surface area (Å²) in [5.41, 5.74) is 3.02. The molecule has 0 unspecified atom stereocenters. The fourth-order valence-electron chi connectivity index (χ4n) is 2.17. The second-order valence-electron chi connectivity index (χ2n) is 5.66. The molecule has 3 rings (SSSR count). The average Bonchev–Trinajstić information content (AvgIpc) is 3.12. The number of aromatic nitrogens is 1. The van der Waals surface area contributed by atoms with Crippen LogP contribution in [0.4, 0.5) is 4.39 Å². The fourth-order valence-corrected chi connectivity index (χ4v) is 3.92. The molecule has 0 bridgehead atoms. The van der Waals surface area contributed by atoms with Crippen LogP contribution in [0.3, 0.4) is 0 Å². The Labute approximate surface area is 148 Å². The molecule has 0 fully saturated rings. The largest absolute Gasteiger partial charge is 0.255 e. The van der Waals surface area contributed by atoms with Crippen LogP contribution in [0.15, 0.2) is 51.2 Å². The van der Waals surface area contributed by atoms with Gasteiger partial charge in [-0.2, -0.15) is 5.10 Å². The van der Waals surface area contributed by atoms with E-state index in [1.54, 1.807) is 23.5 Å². The van der Waals surface area contributed by atoms with E-state index in [-0.39, 0.29) is 11.9 Å². The van der Waals surface area contributed by atoms with Crippen LogP contribution in [0.1, 0.15) is 24.3 Å². The summed E-state index contributed by atoms with van der Waals surface area (Å²) in [5.74, 6) is -0.245. The van der Waals surface area contributed by atoms with Gasteiger partial charge < -0.3 is 0 Å². The summed E-state index contributed by atoms with van der Waals surface area (Å²) in [6.07, 6.45) is 1.86. The van der Waals surface area contributed by atoms with Crippen LogP contribution in [0, 0.1) is 12.7 Å². The van der Waals surface area contributed by atoms with Crippen LogP contribution < -0.4 is 4.80 Å². The van der Waals surface area contributed by atoms with Gasteiger partial charge in [0.15, 0.2) is 0 Å². The molecule has 2 aromatic heterocycles. The number of thiophene rings is 1. The molecule has 0 radical (unpaired) electrons. The molecule has 0 N–H and O–H groups in total. The monoisotopic (exact) mass is 359 g/mol. The summed E-state index contributed by atoms with van der Waals surface area (Å²) >= 11 is 3.19. The van der Waals surface area contributed by atoms with Crippen molar-refractivity contribution in [2.45, 2.75) is 26.8 Å². The molecule has 0 saturated heterocycles. The molecule has 0 spiro atoms. The van der Waals surface area contributed by atoms with E-state index in [2.05, 4.69) is 28.5 Å². The van der Waals surface area contributed by atoms with Gasteiger partial charge in [0.1, 0.15) is 5.82 Å². The highest BCUT2D eigenvalue weighted by Crippen LogP contribution is 2.21. The van der Waals surface area contributed by atoms with Gasteiger partial charge in [0.25, 0.3) is 0 Å². The summed E-state index contributed by atoms with van der Waals surface area (Å²) < 4.78 is 15.0. The number of rotatable bonds is 4. The Balaban J connectivity index is 2.10. The zero-order valence-corrected chi connectivity index (χ0v) is 15.4. The quantitative estimate of drug-likeness (QED) is 0.592. The maximum absolute atomic E-state index is 13.2. The van der Waals surface area contributed by atoms with Crippen LogP contribution in [0.5, 0.6) is 0 Å². The van der Waals surface area contributed by atoms with Crippen molar-refractivity contribution in [2.75, 3.05) is 0 Å². The van der Waals surface area contributed by atoms with Gasteiger partial charge in [-0.1, -0.05) is 0 Å². The number of thiazole rings is 1. The van der Waals surface area contributed by atoms with E-state index >= 15 is 0 Å². The molecule has 1 aromatic carbocycles. The standard InChI is InChI=1S/C18H18FN3S2/c1-12(2)21-18-22(20-10-17-13(3)8-9-23-17)16(11-24-18)14-4-6-15(19)7-5-14/h4-12H,1-3H3. The Hall–Kier alpha value is -2.05. The molecule has 0 aliphatic carbocycles. The Morgan fingerprint density at radius 1 is 1.12 bits per heavy atom. The summed E-state index contributed by atoms with van der Waals surface area (Å²) in [7, 11) is 0. The average molecular weight is 359 g/mol. The second kappa shape index (κ2) is 7.23. The summed E-state index contributed by atoms with van der Waals surface area (Å²) in [5, 5.41) is 8.70. The highest BCUT2D eigenvalue weighted by molar-refractivity contribution is 7.11. The molecule has 0 atom stereocenters. The normalized spacial score (nSPS) is 12.6. The van der Waals surface area contributed by atoms with Crippen LogP contribution in [-0.4, -0.2) is 16.9 Å². The maximum Gasteiger partial charge on any atom is 0.206 e. The third kappa shape index (κ3) is 3.71. The maximum atomic E-state index is 13.2. The number of hydrogen-bond acceptors (Lipinski definition) is 4. The molecule has 24 heavy (non-hydrogen) atoms. The fraction of sp³-hybridized carbons (Fsp3) is 0.222. The van der Waals surface area contributed by atoms with Crippen LogP contribution in [0.25, 0.3) is 11.3 Å². The van der Waals surface area contributed by atoms with E-state index in [0.717, 1.165) is 20.9 Å². The first-order chi connectivity index (χ1) is 11.5. The van der Waals surface area contributed by atoms with E-state index in [1.165, 1.54) is 29.0 Å². The van der Waals surface area contributed by atoms with Gasteiger partial charge in [0.2, 0.25) is 4.80 Å². The van der Waals surface area contributed by atoms with E-state index in [9.17, 15) is 4.39 Å². The van der Waals surface area contributed by atoms with Crippen molar-refractivity contribution in [3.05, 3.63) is 62.2 Å². The third-order valence-electron chi connectivity index (χ3n) is 3.39. The van der Waals surface area contributed by atoms with E-state index in [1.807, 2.05) is 30.1 Å². The molecule has 6 heteroatoms. The highest BCUT2D eigenvalue weighted by atomic mass is 32.1. The van der Waals surface area contributed by atoms with E-state index in [0.29, 0.717) is 0 Å². The van der Waals surface area contributed by atoms with E-state index in [4.69, 9.17) is 0 Å². The Morgan fingerprint density at radius 3 is 2.50 bits per heavy atom. The van der Waals surface area contributed by atoms with Crippen molar-refractivity contribution < 1.29 is 4.39 Å². The molecule has 3 aromatic rings. The first-order valence-corrected chi connectivity index (χ1v) is 9.39. The van der Waals surface area contributed by atoms with Crippen molar-refractivity contribution in [3.8, 4) is 11.3 Å². The minimum Gasteiger partial charge on any atom is -0.255 e. The number of nitrogens with zero attached hydrogens (tertiary/aromatic N) is 3. The minimum atomic E-state index is -0.245. The topological polar surface area (TPSA) is 29.6 Å². The number of aryl methyl sites for hydroxylation is 1. The van der Waals surface area contributed by atoms with Crippen molar-refractivity contribution >= 4 is 28.9 Å². The lowest BCUT2D eigenvalue weighted by Crippen LogP contribution is -2.14. The zero-order chi connectivity index (χ0) is 17.1. The smallest absolute Gasteiger partial charge is 0.206 e. The third-order valence-corrected chi connectivity index (χ3v) is 5.17. The van der Waals surface area contributed by atoms with Gasteiger partial charge in [-0.05, 0) is 62.0 Å². The minimum absolute atomic E-state index is 0.176. The predicted octanol–water partition coefficient (Wildman–Crippen LogP) is 4.92. The first-order valence-electron chi connectivity index (χ1n) is 7.63. The SMILES string of the molecule is Cc1ccsc1C=Nn1c(-c2ccc(F)cc2)csc1=NC(C)C. The lowest BCUT2D eigenvalue weighted by atomic mass is 10.2. The Kier molecular flexibility index (Phi) is 5.06. The van der Waals surface area contributed by atoms with E-state index < -0.39 is 0 Å². The molecular weight excluding hydrogens is 341 g/mol. The molecule has 2 heterocycles. The number of benzene rings is 1. The highest BCUT2D eigenvalue weighted by Gasteiger charge is 2.08.